The third kappa shape index (κ3) is 6.83. The van der Waals surface area contributed by atoms with Gasteiger partial charge in [0.2, 0.25) is 0 Å². The quantitative estimate of drug-likeness (QED) is 0.177. The normalized spacial score (nSPS) is 18.6. The van der Waals surface area contributed by atoms with Gasteiger partial charge in [0.25, 0.3) is 0 Å². The first-order valence-corrected chi connectivity index (χ1v) is 12.9. The predicted octanol–water partition coefficient (Wildman–Crippen LogP) is 10.0. The molecular formula is C29H38F4. The van der Waals surface area contributed by atoms with Gasteiger partial charge in [0.15, 0.2) is 11.6 Å². The van der Waals surface area contributed by atoms with E-state index in [2.05, 4.69) is 6.92 Å². The van der Waals surface area contributed by atoms with E-state index in [1.807, 2.05) is 0 Å². The van der Waals surface area contributed by atoms with Gasteiger partial charge in [-0.2, -0.15) is 0 Å². The standard InChI is InChI=1S/C29H38F4/c1-3-4-5-6-7-8-9-10-11-21-12-14-22(15-13-21)23-16-17-24(25(30)19-23)27-26(31)18-20(2)28(32)29(27)33/h16-19,21-22H,3-15H2,1-2H3. The van der Waals surface area contributed by atoms with Gasteiger partial charge < -0.3 is 0 Å². The van der Waals surface area contributed by atoms with Gasteiger partial charge >= 0.3 is 0 Å². The van der Waals surface area contributed by atoms with Crippen LogP contribution in [0.1, 0.15) is 107 Å². The van der Waals surface area contributed by atoms with Crippen LogP contribution in [-0.2, 0) is 0 Å². The maximum atomic E-state index is 14.8. The van der Waals surface area contributed by atoms with Crippen molar-refractivity contribution in [3.63, 3.8) is 0 Å². The minimum Gasteiger partial charge on any atom is -0.206 e. The Kier molecular flexibility index (Phi) is 9.82. The summed E-state index contributed by atoms with van der Waals surface area (Å²) >= 11 is 0. The maximum Gasteiger partial charge on any atom is 0.169 e. The summed E-state index contributed by atoms with van der Waals surface area (Å²) in [6.45, 7) is 3.53. The van der Waals surface area contributed by atoms with Crippen molar-refractivity contribution in [3.8, 4) is 11.1 Å². The Morgan fingerprint density at radius 2 is 1.36 bits per heavy atom. The monoisotopic (exact) mass is 462 g/mol. The minimum absolute atomic E-state index is 0.130. The Labute approximate surface area is 196 Å². The fourth-order valence-corrected chi connectivity index (χ4v) is 5.30. The van der Waals surface area contributed by atoms with Crippen LogP contribution in [0.4, 0.5) is 17.6 Å². The number of aryl methyl sites for hydroxylation is 1. The van der Waals surface area contributed by atoms with Crippen LogP contribution < -0.4 is 0 Å². The van der Waals surface area contributed by atoms with Crippen molar-refractivity contribution in [1.82, 2.24) is 0 Å². The van der Waals surface area contributed by atoms with Crippen LogP contribution >= 0.6 is 0 Å². The number of hydrogen-bond acceptors (Lipinski definition) is 0. The lowest BCUT2D eigenvalue weighted by molar-refractivity contribution is 0.301. The van der Waals surface area contributed by atoms with E-state index in [0.29, 0.717) is 0 Å². The van der Waals surface area contributed by atoms with E-state index >= 15 is 0 Å². The van der Waals surface area contributed by atoms with Crippen LogP contribution in [0.2, 0.25) is 0 Å². The lowest BCUT2D eigenvalue weighted by atomic mass is 9.77. The van der Waals surface area contributed by atoms with E-state index in [9.17, 15) is 17.6 Å². The number of unbranched alkanes of at least 4 members (excludes halogenated alkanes) is 7. The molecule has 4 heteroatoms. The van der Waals surface area contributed by atoms with Crippen LogP contribution in [0.5, 0.6) is 0 Å². The first-order chi connectivity index (χ1) is 15.9. The van der Waals surface area contributed by atoms with Crippen molar-refractivity contribution in [3.05, 3.63) is 58.7 Å². The van der Waals surface area contributed by atoms with Crippen LogP contribution in [0.15, 0.2) is 24.3 Å². The zero-order valence-corrected chi connectivity index (χ0v) is 20.2. The molecule has 0 unspecified atom stereocenters. The lowest BCUT2D eigenvalue weighted by Gasteiger charge is -2.29. The van der Waals surface area contributed by atoms with Gasteiger partial charge in [0, 0.05) is 5.56 Å². The topological polar surface area (TPSA) is 0 Å². The molecule has 3 rings (SSSR count). The smallest absolute Gasteiger partial charge is 0.169 e. The van der Waals surface area contributed by atoms with Crippen molar-refractivity contribution in [1.29, 1.82) is 0 Å². The summed E-state index contributed by atoms with van der Waals surface area (Å²) in [6.07, 6.45) is 16.3. The van der Waals surface area contributed by atoms with E-state index in [1.54, 1.807) is 6.07 Å². The Balaban J connectivity index is 1.50. The van der Waals surface area contributed by atoms with Gasteiger partial charge in [0.05, 0.1) is 5.56 Å². The Bertz CT molecular complexity index is 897. The zero-order valence-electron chi connectivity index (χ0n) is 20.2. The number of benzene rings is 2. The number of hydrogen-bond donors (Lipinski definition) is 0. The number of halogens is 4. The molecule has 1 saturated carbocycles. The van der Waals surface area contributed by atoms with Crippen molar-refractivity contribution in [2.75, 3.05) is 0 Å². The molecule has 0 nitrogen and oxygen atoms in total. The zero-order chi connectivity index (χ0) is 23.8. The largest absolute Gasteiger partial charge is 0.206 e. The molecule has 33 heavy (non-hydrogen) atoms. The second kappa shape index (κ2) is 12.6. The first-order valence-electron chi connectivity index (χ1n) is 12.9. The van der Waals surface area contributed by atoms with Gasteiger partial charge in [-0.05, 0) is 67.7 Å². The molecule has 0 N–H and O–H groups in total. The molecule has 0 spiro atoms. The van der Waals surface area contributed by atoms with Gasteiger partial charge in [-0.25, -0.2) is 17.6 Å². The van der Waals surface area contributed by atoms with Crippen LogP contribution in [-0.4, -0.2) is 0 Å². The highest BCUT2D eigenvalue weighted by Gasteiger charge is 2.25. The summed E-state index contributed by atoms with van der Waals surface area (Å²) in [5, 5.41) is 0. The summed E-state index contributed by atoms with van der Waals surface area (Å²) in [5.41, 5.74) is -0.114. The van der Waals surface area contributed by atoms with E-state index < -0.39 is 28.8 Å². The molecule has 0 heterocycles. The molecule has 0 bridgehead atoms. The Morgan fingerprint density at radius 3 is 2.00 bits per heavy atom. The van der Waals surface area contributed by atoms with E-state index in [4.69, 9.17) is 0 Å². The molecule has 0 amide bonds. The summed E-state index contributed by atoms with van der Waals surface area (Å²) in [5.74, 6) is -3.09. The second-order valence-corrected chi connectivity index (χ2v) is 9.90. The molecule has 182 valence electrons. The van der Waals surface area contributed by atoms with Gasteiger partial charge in [-0.15, -0.1) is 0 Å². The molecule has 1 aliphatic rings. The summed E-state index contributed by atoms with van der Waals surface area (Å²) < 4.78 is 57.4. The fraction of sp³-hybridized carbons (Fsp3) is 0.586. The molecule has 2 aromatic carbocycles. The molecule has 2 aromatic rings. The van der Waals surface area contributed by atoms with Crippen molar-refractivity contribution >= 4 is 0 Å². The predicted molar refractivity (Wildman–Crippen MR) is 128 cm³/mol. The SMILES string of the molecule is CCCCCCCCCCC1CCC(c2ccc(-c3c(F)cc(C)c(F)c3F)c(F)c2)CC1. The summed E-state index contributed by atoms with van der Waals surface area (Å²) in [6, 6.07) is 5.44. The van der Waals surface area contributed by atoms with Crippen molar-refractivity contribution in [2.24, 2.45) is 5.92 Å². The average molecular weight is 463 g/mol. The first kappa shape index (κ1) is 25.8. The van der Waals surface area contributed by atoms with E-state index in [-0.39, 0.29) is 17.0 Å². The van der Waals surface area contributed by atoms with Crippen LogP contribution in [0.3, 0.4) is 0 Å². The third-order valence-corrected chi connectivity index (χ3v) is 7.39. The maximum absolute atomic E-state index is 14.8. The average Bonchev–Trinajstić information content (AvgIpc) is 2.81. The van der Waals surface area contributed by atoms with Gasteiger partial charge in [0.1, 0.15) is 11.6 Å². The van der Waals surface area contributed by atoms with Gasteiger partial charge in [-0.3, -0.25) is 0 Å². The molecular weight excluding hydrogens is 424 g/mol. The van der Waals surface area contributed by atoms with Crippen LogP contribution in [0, 0.1) is 36.1 Å². The minimum atomic E-state index is -1.33. The van der Waals surface area contributed by atoms with Crippen molar-refractivity contribution < 1.29 is 17.6 Å². The molecule has 1 aliphatic carbocycles. The van der Waals surface area contributed by atoms with Crippen LogP contribution in [0.25, 0.3) is 11.1 Å². The highest BCUT2D eigenvalue weighted by molar-refractivity contribution is 5.66. The second-order valence-electron chi connectivity index (χ2n) is 9.90. The highest BCUT2D eigenvalue weighted by atomic mass is 19.2. The molecule has 0 aliphatic heterocycles. The van der Waals surface area contributed by atoms with E-state index in [1.165, 1.54) is 76.8 Å². The highest BCUT2D eigenvalue weighted by Crippen LogP contribution is 2.39. The fourth-order valence-electron chi connectivity index (χ4n) is 5.30. The Hall–Kier alpha value is -1.84. The molecule has 0 aromatic heterocycles. The third-order valence-electron chi connectivity index (χ3n) is 7.39. The van der Waals surface area contributed by atoms with Gasteiger partial charge in [-0.1, -0.05) is 76.8 Å². The van der Waals surface area contributed by atoms with E-state index in [0.717, 1.165) is 43.2 Å². The molecule has 1 fully saturated rings. The molecule has 0 radical (unpaired) electrons. The Morgan fingerprint density at radius 1 is 0.727 bits per heavy atom. The summed E-state index contributed by atoms with van der Waals surface area (Å²) in [7, 11) is 0. The van der Waals surface area contributed by atoms with Crippen molar-refractivity contribution in [2.45, 2.75) is 103 Å². The summed E-state index contributed by atoms with van der Waals surface area (Å²) in [4.78, 5) is 0. The molecule has 0 atom stereocenters. The lowest BCUT2D eigenvalue weighted by Crippen LogP contribution is -2.13. The number of rotatable bonds is 11. The molecule has 0 saturated heterocycles.